The van der Waals surface area contributed by atoms with Crippen LogP contribution in [0.5, 0.6) is 0 Å². The van der Waals surface area contributed by atoms with E-state index in [-0.39, 0.29) is 23.2 Å². The van der Waals surface area contributed by atoms with E-state index in [9.17, 15) is 19.2 Å². The summed E-state index contributed by atoms with van der Waals surface area (Å²) in [7, 11) is 0. The van der Waals surface area contributed by atoms with E-state index in [1.165, 1.54) is 19.1 Å². The number of rotatable bonds is 7. The Bertz CT molecular complexity index is 922. The lowest BCUT2D eigenvalue weighted by Crippen LogP contribution is -2.25. The smallest absolute Gasteiger partial charge is 0.338 e. The van der Waals surface area contributed by atoms with Gasteiger partial charge in [-0.05, 0) is 49.4 Å². The van der Waals surface area contributed by atoms with E-state index in [0.717, 1.165) is 0 Å². The number of primary amides is 1. The van der Waals surface area contributed by atoms with Gasteiger partial charge in [-0.15, -0.1) is 0 Å². The lowest BCUT2D eigenvalue weighted by molar-refractivity contribution is -0.118. The number of urea groups is 1. The molecular weight excluding hydrogens is 374 g/mol. The second-order valence-electron chi connectivity index (χ2n) is 6.70. The van der Waals surface area contributed by atoms with Crippen molar-refractivity contribution in [1.29, 1.82) is 0 Å². The van der Waals surface area contributed by atoms with Crippen LogP contribution in [0.1, 0.15) is 41.5 Å². The summed E-state index contributed by atoms with van der Waals surface area (Å²) >= 11 is 0. The predicted octanol–water partition coefficient (Wildman–Crippen LogP) is 3.20. The average molecular weight is 397 g/mol. The van der Waals surface area contributed by atoms with Crippen LogP contribution in [-0.2, 0) is 9.53 Å². The summed E-state index contributed by atoms with van der Waals surface area (Å²) in [6.45, 7) is 5.03. The van der Waals surface area contributed by atoms with Gasteiger partial charge >= 0.3 is 12.0 Å². The van der Waals surface area contributed by atoms with Gasteiger partial charge in [0.15, 0.2) is 6.10 Å². The van der Waals surface area contributed by atoms with E-state index in [0.29, 0.717) is 16.9 Å². The van der Waals surface area contributed by atoms with Crippen molar-refractivity contribution in [3.8, 4) is 0 Å². The Morgan fingerprint density at radius 2 is 1.52 bits per heavy atom. The normalized spacial score (nSPS) is 11.4. The molecule has 152 valence electrons. The topological polar surface area (TPSA) is 128 Å². The molecule has 29 heavy (non-hydrogen) atoms. The average Bonchev–Trinajstić information content (AvgIpc) is 2.67. The minimum Gasteiger partial charge on any atom is -0.451 e. The van der Waals surface area contributed by atoms with Gasteiger partial charge in [-0.3, -0.25) is 9.59 Å². The fourth-order valence-electron chi connectivity index (χ4n) is 2.39. The highest BCUT2D eigenvalue weighted by molar-refractivity contribution is 6.02. The number of amides is 3. The molecular formula is C21H23N3O5. The maximum Gasteiger partial charge on any atom is 0.338 e. The summed E-state index contributed by atoms with van der Waals surface area (Å²) < 4.78 is 5.24. The van der Waals surface area contributed by atoms with Crippen molar-refractivity contribution < 1.29 is 23.9 Å². The maximum absolute atomic E-state index is 12.5. The molecule has 0 aromatic heterocycles. The van der Waals surface area contributed by atoms with Crippen LogP contribution in [0.3, 0.4) is 0 Å². The molecule has 4 N–H and O–H groups in total. The Hall–Kier alpha value is -3.68. The molecule has 0 heterocycles. The van der Waals surface area contributed by atoms with Gasteiger partial charge in [-0.1, -0.05) is 19.9 Å². The van der Waals surface area contributed by atoms with Gasteiger partial charge in [0.25, 0.3) is 0 Å². The number of esters is 1. The van der Waals surface area contributed by atoms with Crippen molar-refractivity contribution in [3.63, 3.8) is 0 Å². The highest BCUT2D eigenvalue weighted by Crippen LogP contribution is 2.16. The van der Waals surface area contributed by atoms with Gasteiger partial charge in [0.05, 0.1) is 5.56 Å². The number of benzene rings is 2. The van der Waals surface area contributed by atoms with Crippen LogP contribution in [-0.4, -0.2) is 29.8 Å². The lowest BCUT2D eigenvalue weighted by Gasteiger charge is -2.13. The molecule has 0 aliphatic heterocycles. The number of ether oxygens (including phenoxy) is 1. The number of hydrogen-bond acceptors (Lipinski definition) is 5. The first-order valence-corrected chi connectivity index (χ1v) is 9.00. The summed E-state index contributed by atoms with van der Waals surface area (Å²) in [5.41, 5.74) is 6.48. The minimum absolute atomic E-state index is 0.126. The minimum atomic E-state index is -1.02. The molecule has 2 rings (SSSR count). The predicted molar refractivity (Wildman–Crippen MR) is 109 cm³/mol. The number of nitrogens with one attached hydrogen (secondary N) is 2. The van der Waals surface area contributed by atoms with Crippen LogP contribution in [0, 0.1) is 5.92 Å². The van der Waals surface area contributed by atoms with Crippen LogP contribution in [0.15, 0.2) is 48.5 Å². The van der Waals surface area contributed by atoms with Gasteiger partial charge < -0.3 is 21.1 Å². The largest absolute Gasteiger partial charge is 0.451 e. The first kappa shape index (κ1) is 21.6. The molecule has 0 saturated heterocycles. The summed E-state index contributed by atoms with van der Waals surface area (Å²) in [4.78, 5) is 47.5. The summed E-state index contributed by atoms with van der Waals surface area (Å²) in [5, 5.41) is 5.10. The third kappa shape index (κ3) is 6.17. The number of hydrogen-bond donors (Lipinski definition) is 3. The summed E-state index contributed by atoms with van der Waals surface area (Å²) in [5.74, 6) is -1.38. The molecule has 1 atom stereocenters. The Morgan fingerprint density at radius 1 is 0.862 bits per heavy atom. The molecule has 0 aliphatic carbocycles. The van der Waals surface area contributed by atoms with Crippen LogP contribution in [0.25, 0.3) is 0 Å². The monoisotopic (exact) mass is 397 g/mol. The molecule has 0 unspecified atom stereocenters. The van der Waals surface area contributed by atoms with Gasteiger partial charge in [0.2, 0.25) is 11.7 Å². The van der Waals surface area contributed by atoms with Crippen LogP contribution in [0.4, 0.5) is 16.2 Å². The van der Waals surface area contributed by atoms with Crippen molar-refractivity contribution in [1.82, 2.24) is 0 Å². The number of Topliss-reactive ketones (excluding diaryl/α,β-unsaturated/α-hetero) is 1. The molecule has 3 amide bonds. The molecule has 0 saturated carbocycles. The van der Waals surface area contributed by atoms with E-state index in [2.05, 4.69) is 10.6 Å². The second kappa shape index (κ2) is 9.50. The zero-order chi connectivity index (χ0) is 21.6. The fourth-order valence-corrected chi connectivity index (χ4v) is 2.39. The second-order valence-corrected chi connectivity index (χ2v) is 6.70. The zero-order valence-electron chi connectivity index (χ0n) is 16.4. The van der Waals surface area contributed by atoms with Crippen LogP contribution < -0.4 is 16.4 Å². The van der Waals surface area contributed by atoms with E-state index in [1.54, 1.807) is 50.2 Å². The van der Waals surface area contributed by atoms with Gasteiger partial charge in [0.1, 0.15) is 0 Å². The fraction of sp³-hybridized carbons (Fsp3) is 0.238. The van der Waals surface area contributed by atoms with Crippen molar-refractivity contribution in [2.75, 3.05) is 10.6 Å². The highest BCUT2D eigenvalue weighted by Gasteiger charge is 2.21. The van der Waals surface area contributed by atoms with Gasteiger partial charge in [0, 0.05) is 22.9 Å². The molecule has 0 radical (unpaired) electrons. The maximum atomic E-state index is 12.5. The zero-order valence-corrected chi connectivity index (χ0v) is 16.4. The van der Waals surface area contributed by atoms with Crippen molar-refractivity contribution in [2.24, 2.45) is 11.7 Å². The SMILES string of the molecule is CC(C)C(=O)Nc1ccc(C(=O)[C@@H](C)OC(=O)c2cccc(NC(N)=O)c2)cc1. The summed E-state index contributed by atoms with van der Waals surface area (Å²) in [6.07, 6.45) is -1.02. The van der Waals surface area contributed by atoms with E-state index in [1.807, 2.05) is 0 Å². The van der Waals surface area contributed by atoms with E-state index in [4.69, 9.17) is 10.5 Å². The van der Waals surface area contributed by atoms with Crippen molar-refractivity contribution in [3.05, 3.63) is 59.7 Å². The van der Waals surface area contributed by atoms with Gasteiger partial charge in [-0.2, -0.15) is 0 Å². The Kier molecular flexibility index (Phi) is 7.08. The Morgan fingerprint density at radius 3 is 2.10 bits per heavy atom. The van der Waals surface area contributed by atoms with Crippen LogP contribution >= 0.6 is 0 Å². The molecule has 8 heteroatoms. The first-order chi connectivity index (χ1) is 13.7. The Labute approximate surface area is 168 Å². The molecule has 2 aromatic carbocycles. The van der Waals surface area contributed by atoms with E-state index < -0.39 is 18.1 Å². The number of ketones is 1. The standard InChI is InChI=1S/C21H23N3O5/c1-12(2)19(26)23-16-9-7-14(8-10-16)18(25)13(3)29-20(27)15-5-4-6-17(11-15)24-21(22)28/h4-13H,1-3H3,(H,23,26)(H3,22,24,28)/t13-/m1/s1. The summed E-state index contributed by atoms with van der Waals surface area (Å²) in [6, 6.07) is 11.6. The number of carbonyl (C=O) groups is 4. The number of carbonyl (C=O) groups excluding carboxylic acids is 4. The molecule has 0 spiro atoms. The third-order valence-electron chi connectivity index (χ3n) is 3.98. The van der Waals surface area contributed by atoms with Crippen molar-refractivity contribution in [2.45, 2.75) is 26.9 Å². The van der Waals surface area contributed by atoms with Gasteiger partial charge in [-0.25, -0.2) is 9.59 Å². The Balaban J connectivity index is 2.02. The third-order valence-corrected chi connectivity index (χ3v) is 3.98. The number of nitrogens with two attached hydrogens (primary N) is 1. The first-order valence-electron chi connectivity index (χ1n) is 9.00. The van der Waals surface area contributed by atoms with Crippen molar-refractivity contribution >= 4 is 35.1 Å². The molecule has 8 nitrogen and oxygen atoms in total. The molecule has 0 bridgehead atoms. The van der Waals surface area contributed by atoms with Crippen LogP contribution in [0.2, 0.25) is 0 Å². The quantitative estimate of drug-likeness (QED) is 0.488. The highest BCUT2D eigenvalue weighted by atomic mass is 16.5. The number of anilines is 2. The molecule has 0 aliphatic rings. The lowest BCUT2D eigenvalue weighted by atomic mass is 10.1. The van der Waals surface area contributed by atoms with E-state index >= 15 is 0 Å². The molecule has 2 aromatic rings. The molecule has 0 fully saturated rings.